The lowest BCUT2D eigenvalue weighted by atomic mass is 10.1. The van der Waals surface area contributed by atoms with Crippen molar-refractivity contribution in [1.82, 2.24) is 0 Å². The minimum atomic E-state index is -0.917. The number of fused-ring (bicyclic) bond motifs is 1. The summed E-state index contributed by atoms with van der Waals surface area (Å²) in [6.45, 7) is 5.12. The van der Waals surface area contributed by atoms with E-state index in [-0.39, 0.29) is 49.1 Å². The summed E-state index contributed by atoms with van der Waals surface area (Å²) in [6.07, 6.45) is -1.13. The van der Waals surface area contributed by atoms with Crippen LogP contribution in [0.3, 0.4) is 0 Å². The summed E-state index contributed by atoms with van der Waals surface area (Å²) in [4.78, 5) is 59.2. The van der Waals surface area contributed by atoms with E-state index in [0.29, 0.717) is 12.8 Å². The van der Waals surface area contributed by atoms with Gasteiger partial charge in [-0.15, -0.1) is 0 Å². The summed E-state index contributed by atoms with van der Waals surface area (Å²) >= 11 is 0. The summed E-state index contributed by atoms with van der Waals surface area (Å²) in [7, 11) is 0. The zero-order valence-electron chi connectivity index (χ0n) is 23.3. The van der Waals surface area contributed by atoms with Crippen molar-refractivity contribution in [2.45, 2.75) is 44.2 Å². The van der Waals surface area contributed by atoms with Crippen LogP contribution in [0, 0.1) is 0 Å². The SMILES string of the molecule is C=CC(=O)OCCCCOC(=O)Oc1ccc(C(=O)Oc2ccc(C(=O)OC3COC4C(OC(C)=O)COC34)cc2)cc1. The lowest BCUT2D eigenvalue weighted by molar-refractivity contribution is -0.151. The molecule has 0 radical (unpaired) electrons. The minimum Gasteiger partial charge on any atom is -0.463 e. The Labute approximate surface area is 246 Å². The predicted octanol–water partition coefficient (Wildman–Crippen LogP) is 3.19. The molecule has 0 bridgehead atoms. The van der Waals surface area contributed by atoms with Crippen molar-refractivity contribution >= 4 is 30.0 Å². The molecule has 0 spiro atoms. The van der Waals surface area contributed by atoms with E-state index in [4.69, 9.17) is 37.9 Å². The molecule has 4 rings (SSSR count). The van der Waals surface area contributed by atoms with Crippen LogP contribution in [0.4, 0.5) is 4.79 Å². The molecule has 2 aliphatic rings. The predicted molar refractivity (Wildman–Crippen MR) is 144 cm³/mol. The average molecular weight is 599 g/mol. The molecule has 0 saturated carbocycles. The number of ether oxygens (including phenoxy) is 8. The van der Waals surface area contributed by atoms with Crippen LogP contribution in [0.15, 0.2) is 61.2 Å². The van der Waals surface area contributed by atoms with Crippen molar-refractivity contribution in [2.75, 3.05) is 26.4 Å². The standard InChI is InChI=1S/C30H30O13/c1-3-25(32)36-14-4-5-15-37-30(35)42-22-12-8-19(9-13-22)28(33)41-21-10-6-20(7-11-21)29(34)43-24-17-39-26-23(40-18(2)31)16-38-27(24)26/h3,6-13,23-24,26-27H,1,4-5,14-17H2,2H3. The third-order valence-electron chi connectivity index (χ3n) is 6.30. The van der Waals surface area contributed by atoms with E-state index in [1.807, 2.05) is 0 Å². The second kappa shape index (κ2) is 14.9. The molecule has 0 aromatic heterocycles. The van der Waals surface area contributed by atoms with Gasteiger partial charge >= 0.3 is 30.0 Å². The van der Waals surface area contributed by atoms with Gasteiger partial charge in [-0.2, -0.15) is 0 Å². The number of esters is 4. The zero-order chi connectivity index (χ0) is 30.8. The molecule has 13 nitrogen and oxygen atoms in total. The van der Waals surface area contributed by atoms with Crippen LogP contribution in [0.2, 0.25) is 0 Å². The number of carbonyl (C=O) groups excluding carboxylic acids is 5. The molecule has 43 heavy (non-hydrogen) atoms. The summed E-state index contributed by atoms with van der Waals surface area (Å²) in [6, 6.07) is 11.4. The molecule has 13 heteroatoms. The number of unbranched alkanes of at least 4 members (excludes halogenated alkanes) is 1. The van der Waals surface area contributed by atoms with E-state index in [0.717, 1.165) is 6.08 Å². The van der Waals surface area contributed by atoms with Gasteiger partial charge in [0.2, 0.25) is 0 Å². The fourth-order valence-corrected chi connectivity index (χ4v) is 4.25. The molecule has 2 aliphatic heterocycles. The fraction of sp³-hybridized carbons (Fsp3) is 0.367. The highest BCUT2D eigenvalue weighted by atomic mass is 16.7. The minimum absolute atomic E-state index is 0.0772. The zero-order valence-corrected chi connectivity index (χ0v) is 23.3. The molecular weight excluding hydrogens is 568 g/mol. The third-order valence-corrected chi connectivity index (χ3v) is 6.30. The Bertz CT molecular complexity index is 1320. The third kappa shape index (κ3) is 8.87. The second-order valence-electron chi connectivity index (χ2n) is 9.41. The Morgan fingerprint density at radius 3 is 1.81 bits per heavy atom. The van der Waals surface area contributed by atoms with E-state index in [9.17, 15) is 24.0 Å². The highest BCUT2D eigenvalue weighted by Gasteiger charge is 2.51. The molecule has 0 amide bonds. The van der Waals surface area contributed by atoms with Gasteiger partial charge in [0.05, 0.1) is 37.6 Å². The molecule has 2 aromatic carbocycles. The van der Waals surface area contributed by atoms with E-state index in [2.05, 4.69) is 6.58 Å². The highest BCUT2D eigenvalue weighted by molar-refractivity contribution is 5.92. The second-order valence-corrected chi connectivity index (χ2v) is 9.41. The Morgan fingerprint density at radius 2 is 1.26 bits per heavy atom. The van der Waals surface area contributed by atoms with E-state index < -0.39 is 54.4 Å². The Balaban J connectivity index is 1.19. The van der Waals surface area contributed by atoms with Gasteiger partial charge in [-0.3, -0.25) is 4.79 Å². The van der Waals surface area contributed by atoms with Crippen LogP contribution >= 0.6 is 0 Å². The summed E-state index contributed by atoms with van der Waals surface area (Å²) in [5.74, 6) is -1.90. The fourth-order valence-electron chi connectivity index (χ4n) is 4.25. The van der Waals surface area contributed by atoms with Gasteiger partial charge in [0, 0.05) is 13.0 Å². The van der Waals surface area contributed by atoms with E-state index >= 15 is 0 Å². The van der Waals surface area contributed by atoms with Crippen LogP contribution in [-0.4, -0.2) is 80.9 Å². The molecule has 2 fully saturated rings. The van der Waals surface area contributed by atoms with Gasteiger partial charge < -0.3 is 37.9 Å². The summed E-state index contributed by atoms with van der Waals surface area (Å²) in [5.41, 5.74) is 0.417. The van der Waals surface area contributed by atoms with Crippen LogP contribution < -0.4 is 9.47 Å². The summed E-state index contributed by atoms with van der Waals surface area (Å²) in [5, 5.41) is 0. The Morgan fingerprint density at radius 1 is 0.744 bits per heavy atom. The lowest BCUT2D eigenvalue weighted by Crippen LogP contribution is -2.35. The first-order chi connectivity index (χ1) is 20.7. The smallest absolute Gasteiger partial charge is 0.463 e. The normalized spacial score (nSPS) is 20.3. The molecule has 4 atom stereocenters. The quantitative estimate of drug-likeness (QED) is 0.0876. The first kappa shape index (κ1) is 31.2. The van der Waals surface area contributed by atoms with Crippen molar-refractivity contribution in [1.29, 1.82) is 0 Å². The molecule has 228 valence electrons. The number of hydrogen-bond acceptors (Lipinski definition) is 13. The maximum atomic E-state index is 12.7. The monoisotopic (exact) mass is 598 g/mol. The molecule has 2 saturated heterocycles. The number of rotatable bonds is 12. The van der Waals surface area contributed by atoms with Crippen LogP contribution in [0.1, 0.15) is 40.5 Å². The highest BCUT2D eigenvalue weighted by Crippen LogP contribution is 2.31. The van der Waals surface area contributed by atoms with Gasteiger partial charge in [-0.1, -0.05) is 6.58 Å². The van der Waals surface area contributed by atoms with Crippen molar-refractivity contribution in [3.8, 4) is 11.5 Å². The van der Waals surface area contributed by atoms with Crippen LogP contribution in [0.5, 0.6) is 11.5 Å². The van der Waals surface area contributed by atoms with Crippen molar-refractivity contribution in [2.24, 2.45) is 0 Å². The molecular formula is C30H30O13. The van der Waals surface area contributed by atoms with Crippen LogP contribution in [-0.2, 0) is 38.0 Å². The topological polar surface area (TPSA) is 159 Å². The molecule has 0 N–H and O–H groups in total. The number of benzene rings is 2. The van der Waals surface area contributed by atoms with Gasteiger partial charge in [-0.05, 0) is 61.4 Å². The molecule has 2 aromatic rings. The maximum absolute atomic E-state index is 12.7. The Hall–Kier alpha value is -4.75. The lowest BCUT2D eigenvalue weighted by Gasteiger charge is -2.17. The first-order valence-electron chi connectivity index (χ1n) is 13.4. The van der Waals surface area contributed by atoms with Gasteiger partial charge in [0.25, 0.3) is 0 Å². The molecule has 0 aliphatic carbocycles. The van der Waals surface area contributed by atoms with Gasteiger partial charge in [0.1, 0.15) is 23.7 Å². The summed E-state index contributed by atoms with van der Waals surface area (Å²) < 4.78 is 42.2. The van der Waals surface area contributed by atoms with Crippen molar-refractivity contribution in [3.63, 3.8) is 0 Å². The molecule has 2 heterocycles. The van der Waals surface area contributed by atoms with Crippen molar-refractivity contribution in [3.05, 3.63) is 72.3 Å². The Kier molecular flexibility index (Phi) is 10.8. The van der Waals surface area contributed by atoms with Gasteiger partial charge in [-0.25, -0.2) is 19.2 Å². The maximum Gasteiger partial charge on any atom is 0.513 e. The van der Waals surface area contributed by atoms with E-state index in [1.165, 1.54) is 55.5 Å². The number of hydrogen-bond donors (Lipinski definition) is 0. The average Bonchev–Trinajstić information content (AvgIpc) is 3.58. The number of carbonyl (C=O) groups is 5. The molecule has 4 unspecified atom stereocenters. The first-order valence-corrected chi connectivity index (χ1v) is 13.4. The van der Waals surface area contributed by atoms with E-state index in [1.54, 1.807) is 0 Å². The van der Waals surface area contributed by atoms with Gasteiger partial charge in [0.15, 0.2) is 12.2 Å². The van der Waals surface area contributed by atoms with Crippen LogP contribution in [0.25, 0.3) is 0 Å². The largest absolute Gasteiger partial charge is 0.513 e. The van der Waals surface area contributed by atoms with Crippen molar-refractivity contribution < 1.29 is 61.9 Å².